The highest BCUT2D eigenvalue weighted by molar-refractivity contribution is 6.39. The van der Waals surface area contributed by atoms with Gasteiger partial charge in [0, 0.05) is 67.4 Å². The van der Waals surface area contributed by atoms with Crippen molar-refractivity contribution < 1.29 is 32.5 Å². The van der Waals surface area contributed by atoms with Gasteiger partial charge in [-0.3, -0.25) is 19.7 Å². The van der Waals surface area contributed by atoms with Crippen molar-refractivity contribution in [1.29, 1.82) is 0 Å². The number of amides is 1. The number of carbonyl (C=O) groups excluding carboxylic acids is 1. The van der Waals surface area contributed by atoms with Crippen LogP contribution in [0.2, 0.25) is 10.0 Å². The van der Waals surface area contributed by atoms with E-state index in [9.17, 15) is 23.1 Å². The lowest BCUT2D eigenvalue weighted by molar-refractivity contribution is -0.272. The van der Waals surface area contributed by atoms with Crippen molar-refractivity contribution in [2.45, 2.75) is 57.0 Å². The first-order valence-corrected chi connectivity index (χ1v) is 17.3. The van der Waals surface area contributed by atoms with Gasteiger partial charge in [0.2, 0.25) is 17.7 Å². The topological polar surface area (TPSA) is 134 Å². The Bertz CT molecular complexity index is 1860. The number of aromatic nitrogens is 2. The lowest BCUT2D eigenvalue weighted by Crippen LogP contribution is -2.53. The molecule has 0 spiro atoms. The average molecular weight is 763 g/mol. The van der Waals surface area contributed by atoms with Gasteiger partial charge in [-0.05, 0) is 32.9 Å². The first kappa shape index (κ1) is 39.1. The van der Waals surface area contributed by atoms with Crippen LogP contribution < -0.4 is 15.4 Å². The van der Waals surface area contributed by atoms with Crippen LogP contribution in [0.5, 0.6) is 5.88 Å². The molecule has 1 atom stereocenters. The van der Waals surface area contributed by atoms with Gasteiger partial charge < -0.3 is 25.2 Å². The molecular weight excluding hydrogens is 722 g/mol. The Balaban J connectivity index is 1.36. The molecular formula is C36H40Cl2F3N7O4. The molecule has 2 saturated heterocycles. The number of aliphatic hydroxyl groups is 1. The van der Waals surface area contributed by atoms with Crippen molar-refractivity contribution in [3.05, 3.63) is 75.5 Å². The summed E-state index contributed by atoms with van der Waals surface area (Å²) >= 11 is 14.0. The zero-order valence-corrected chi connectivity index (χ0v) is 30.5. The molecule has 1 aromatic heterocycles. The minimum absolute atomic E-state index is 0.0371. The van der Waals surface area contributed by atoms with Gasteiger partial charge in [0.15, 0.2) is 5.60 Å². The number of nitrogens with one attached hydrogen (secondary N) is 2. The van der Waals surface area contributed by atoms with E-state index in [2.05, 4.69) is 37.3 Å². The first-order valence-electron chi connectivity index (χ1n) is 16.6. The minimum atomic E-state index is -4.68. The molecule has 16 heteroatoms. The van der Waals surface area contributed by atoms with Crippen LogP contribution >= 0.6 is 23.2 Å². The van der Waals surface area contributed by atoms with Crippen molar-refractivity contribution in [3.63, 3.8) is 0 Å². The van der Waals surface area contributed by atoms with Gasteiger partial charge in [-0.25, -0.2) is 9.98 Å². The smallest absolute Gasteiger partial charge is 0.417 e. The Morgan fingerprint density at radius 2 is 1.81 bits per heavy atom. The number of carbonyl (C=O) groups is 1. The number of ether oxygens (including phenoxy) is 2. The van der Waals surface area contributed by atoms with E-state index in [0.717, 1.165) is 6.42 Å². The zero-order chi connectivity index (χ0) is 37.6. The second kappa shape index (κ2) is 16.7. The highest BCUT2D eigenvalue weighted by Gasteiger charge is 2.54. The highest BCUT2D eigenvalue weighted by atomic mass is 35.5. The van der Waals surface area contributed by atoms with Gasteiger partial charge in [0.1, 0.15) is 11.4 Å². The van der Waals surface area contributed by atoms with Gasteiger partial charge >= 0.3 is 6.18 Å². The number of methoxy groups -OCH3 is 2. The molecule has 11 nitrogen and oxygen atoms in total. The van der Waals surface area contributed by atoms with E-state index in [1.165, 1.54) is 20.4 Å². The molecule has 52 heavy (non-hydrogen) atoms. The van der Waals surface area contributed by atoms with Gasteiger partial charge in [-0.1, -0.05) is 59.6 Å². The SMILES string of the molecule is C=N/C(CNC[C@@H]1CCC(=O)N1)=C(\N=C(/C)c1cccc(-c2cccc(-c3cnc(CN4CCC(O)(C(F)(F)F)CC4)c(OC)n3)c2Cl)c1Cl)OC. The van der Waals surface area contributed by atoms with E-state index in [0.29, 0.717) is 74.6 Å². The number of hydrogen-bond donors (Lipinski definition) is 3. The Morgan fingerprint density at radius 3 is 2.42 bits per heavy atom. The molecule has 2 aliphatic rings. The molecule has 0 radical (unpaired) electrons. The molecule has 3 aromatic rings. The average Bonchev–Trinajstić information content (AvgIpc) is 3.54. The summed E-state index contributed by atoms with van der Waals surface area (Å²) in [5, 5.41) is 17.0. The number of piperidine rings is 1. The zero-order valence-electron chi connectivity index (χ0n) is 29.0. The number of alkyl halides is 3. The predicted molar refractivity (Wildman–Crippen MR) is 195 cm³/mol. The molecule has 2 aromatic carbocycles. The third-order valence-corrected chi connectivity index (χ3v) is 10.0. The monoisotopic (exact) mass is 761 g/mol. The number of hydrogen-bond acceptors (Lipinski definition) is 10. The van der Waals surface area contributed by atoms with Gasteiger partial charge in [-0.15, -0.1) is 0 Å². The van der Waals surface area contributed by atoms with Crippen LogP contribution in [0, 0.1) is 0 Å². The van der Waals surface area contributed by atoms with Crippen LogP contribution in [-0.4, -0.2) is 96.5 Å². The van der Waals surface area contributed by atoms with E-state index in [1.807, 2.05) is 30.3 Å². The van der Waals surface area contributed by atoms with E-state index in [1.54, 1.807) is 17.9 Å². The Kier molecular flexibility index (Phi) is 12.6. The standard InChI is InChI=1S/C36H40Cl2F3N7O4/c1-21(45-33(51-3)28(42-2)18-43-17-22-11-12-30(49)46-22)23-7-5-8-24(31(23)37)25-9-6-10-26(32(25)38)27-19-44-29(34(47-27)52-4)20-48-15-13-35(50,14-16-48)36(39,40)41/h5-10,19,22,43,50H,2,11-18,20H2,1,3-4H3,(H,46,49)/b33-28+,45-21+/t22-/m0/s1. The summed E-state index contributed by atoms with van der Waals surface area (Å²) < 4.78 is 50.9. The summed E-state index contributed by atoms with van der Waals surface area (Å²) in [6.07, 6.45) is -2.73. The summed E-state index contributed by atoms with van der Waals surface area (Å²) in [5.41, 5.74) is 1.70. The van der Waals surface area contributed by atoms with Gasteiger partial charge in [-0.2, -0.15) is 13.2 Å². The second-order valence-electron chi connectivity index (χ2n) is 12.6. The van der Waals surface area contributed by atoms with Crippen LogP contribution in [0.15, 0.2) is 64.2 Å². The highest BCUT2D eigenvalue weighted by Crippen LogP contribution is 2.41. The van der Waals surface area contributed by atoms with Crippen molar-refractivity contribution in [2.75, 3.05) is 40.4 Å². The van der Waals surface area contributed by atoms with Crippen LogP contribution in [0.1, 0.15) is 43.9 Å². The third kappa shape index (κ3) is 8.75. The number of aliphatic imine (C=N–C) groups is 2. The minimum Gasteiger partial charge on any atom is -0.480 e. The third-order valence-electron chi connectivity index (χ3n) is 9.21. The molecule has 278 valence electrons. The molecule has 0 unspecified atom stereocenters. The fourth-order valence-corrected chi connectivity index (χ4v) is 6.86. The molecule has 2 fully saturated rings. The van der Waals surface area contributed by atoms with Crippen molar-refractivity contribution >= 4 is 41.5 Å². The summed E-state index contributed by atoms with van der Waals surface area (Å²) in [7, 11) is 2.93. The maximum atomic E-state index is 13.3. The van der Waals surface area contributed by atoms with Crippen molar-refractivity contribution in [2.24, 2.45) is 9.98 Å². The quantitative estimate of drug-likeness (QED) is 0.138. The molecule has 5 rings (SSSR count). The Morgan fingerprint density at radius 1 is 1.13 bits per heavy atom. The van der Waals surface area contributed by atoms with Gasteiger partial charge in [0.05, 0.1) is 41.9 Å². The van der Waals surface area contributed by atoms with E-state index < -0.39 is 24.6 Å². The molecule has 0 saturated carbocycles. The van der Waals surface area contributed by atoms with E-state index in [-0.39, 0.29) is 43.3 Å². The first-order chi connectivity index (χ1) is 24.8. The molecule has 3 N–H and O–H groups in total. The predicted octanol–water partition coefficient (Wildman–Crippen LogP) is 6.21. The fourth-order valence-electron chi connectivity index (χ4n) is 6.17. The summed E-state index contributed by atoms with van der Waals surface area (Å²) in [4.78, 5) is 31.3. The molecule has 3 heterocycles. The lowest BCUT2D eigenvalue weighted by Gasteiger charge is -2.39. The molecule has 2 aliphatic heterocycles. The maximum absolute atomic E-state index is 13.3. The van der Waals surface area contributed by atoms with Crippen LogP contribution in [-0.2, 0) is 16.1 Å². The summed E-state index contributed by atoms with van der Waals surface area (Å²) in [6, 6.07) is 11.0. The van der Waals surface area contributed by atoms with E-state index >= 15 is 0 Å². The van der Waals surface area contributed by atoms with Crippen molar-refractivity contribution in [3.8, 4) is 28.3 Å². The van der Waals surface area contributed by atoms with E-state index in [4.69, 9.17) is 32.7 Å². The number of likely N-dealkylation sites (tertiary alicyclic amines) is 1. The number of nitrogens with zero attached hydrogens (tertiary/aromatic N) is 5. The van der Waals surface area contributed by atoms with Crippen LogP contribution in [0.3, 0.4) is 0 Å². The number of benzene rings is 2. The fraction of sp³-hybridized carbons (Fsp3) is 0.417. The normalized spacial score (nSPS) is 18.5. The number of halogens is 5. The van der Waals surface area contributed by atoms with Gasteiger partial charge in [0.25, 0.3) is 0 Å². The Labute approximate surface area is 310 Å². The maximum Gasteiger partial charge on any atom is 0.417 e. The largest absolute Gasteiger partial charge is 0.480 e. The second-order valence-corrected chi connectivity index (χ2v) is 13.4. The number of rotatable bonds is 13. The summed E-state index contributed by atoms with van der Waals surface area (Å²) in [5.74, 6) is 0.510. The van der Waals surface area contributed by atoms with Crippen LogP contribution in [0.4, 0.5) is 13.2 Å². The molecule has 0 aliphatic carbocycles. The van der Waals surface area contributed by atoms with Crippen molar-refractivity contribution in [1.82, 2.24) is 25.5 Å². The molecule has 0 bridgehead atoms. The van der Waals surface area contributed by atoms with Crippen LogP contribution in [0.25, 0.3) is 22.4 Å². The lowest BCUT2D eigenvalue weighted by atomic mass is 9.91. The molecule has 1 amide bonds. The summed E-state index contributed by atoms with van der Waals surface area (Å²) in [6.45, 7) is 6.64. The Hall–Kier alpha value is -4.08.